The fourth-order valence-corrected chi connectivity index (χ4v) is 3.50. The van der Waals surface area contributed by atoms with Crippen molar-refractivity contribution in [2.24, 2.45) is 0 Å². The first-order valence-corrected chi connectivity index (χ1v) is 6.75. The first kappa shape index (κ1) is 11.4. The van der Waals surface area contributed by atoms with Gasteiger partial charge in [-0.25, -0.2) is 4.98 Å². The molecule has 0 aliphatic carbocycles. The fraction of sp³-hybridized carbons (Fsp3) is 0.417. The Balaban J connectivity index is 2.01. The molecule has 0 bridgehead atoms. The number of amides is 1. The van der Waals surface area contributed by atoms with Crippen LogP contribution in [-0.2, 0) is 4.79 Å². The lowest BCUT2D eigenvalue weighted by atomic mass is 9.99. The van der Waals surface area contributed by atoms with Crippen molar-refractivity contribution in [1.29, 1.82) is 0 Å². The highest BCUT2D eigenvalue weighted by Crippen LogP contribution is 2.33. The molecule has 18 heavy (non-hydrogen) atoms. The van der Waals surface area contributed by atoms with E-state index in [1.165, 1.54) is 17.7 Å². The third-order valence-corrected chi connectivity index (χ3v) is 4.38. The molecule has 3 rings (SSSR count). The zero-order valence-corrected chi connectivity index (χ0v) is 10.8. The summed E-state index contributed by atoms with van der Waals surface area (Å²) in [6.45, 7) is 3.06. The van der Waals surface area contributed by atoms with Crippen molar-refractivity contribution in [2.45, 2.75) is 19.3 Å². The van der Waals surface area contributed by atoms with Gasteiger partial charge in [0.2, 0.25) is 5.91 Å². The van der Waals surface area contributed by atoms with Crippen LogP contribution in [0.3, 0.4) is 0 Å². The van der Waals surface area contributed by atoms with Gasteiger partial charge in [0.25, 0.3) is 5.56 Å². The number of thiophene rings is 1. The van der Waals surface area contributed by atoms with Gasteiger partial charge in [0.1, 0.15) is 4.83 Å². The summed E-state index contributed by atoms with van der Waals surface area (Å²) >= 11 is 1.49. The van der Waals surface area contributed by atoms with Crippen LogP contribution >= 0.6 is 11.3 Å². The van der Waals surface area contributed by atoms with E-state index in [-0.39, 0.29) is 17.4 Å². The van der Waals surface area contributed by atoms with Gasteiger partial charge in [-0.2, -0.15) is 0 Å². The highest BCUT2D eigenvalue weighted by atomic mass is 32.1. The Kier molecular flexibility index (Phi) is 2.66. The van der Waals surface area contributed by atoms with E-state index in [0.29, 0.717) is 11.9 Å². The molecule has 0 saturated carbocycles. The minimum absolute atomic E-state index is 0.0856. The summed E-state index contributed by atoms with van der Waals surface area (Å²) in [5.41, 5.74) is 0.950. The second-order valence-corrected chi connectivity index (χ2v) is 5.41. The number of hydrogen-bond acceptors (Lipinski definition) is 4. The first-order valence-electron chi connectivity index (χ1n) is 5.87. The number of carbonyl (C=O) groups excluding carboxylic acids is 1. The number of fused-ring (bicyclic) bond motifs is 1. The van der Waals surface area contributed by atoms with E-state index in [4.69, 9.17) is 0 Å². The summed E-state index contributed by atoms with van der Waals surface area (Å²) in [7, 11) is 0. The molecule has 3 heterocycles. The van der Waals surface area contributed by atoms with Crippen LogP contribution in [0.1, 0.15) is 24.8 Å². The lowest BCUT2D eigenvalue weighted by molar-refractivity contribution is -0.127. The predicted octanol–water partition coefficient (Wildman–Crippen LogP) is 1.32. The van der Waals surface area contributed by atoms with Gasteiger partial charge < -0.3 is 9.88 Å². The van der Waals surface area contributed by atoms with Crippen molar-refractivity contribution >= 4 is 27.5 Å². The first-order chi connectivity index (χ1) is 8.66. The number of hydrogen-bond donors (Lipinski definition) is 1. The molecule has 1 atom stereocenters. The van der Waals surface area contributed by atoms with E-state index in [1.54, 1.807) is 6.92 Å². The van der Waals surface area contributed by atoms with Crippen LogP contribution in [-0.4, -0.2) is 33.9 Å². The molecule has 1 saturated heterocycles. The van der Waals surface area contributed by atoms with Crippen molar-refractivity contribution in [2.75, 3.05) is 13.1 Å². The van der Waals surface area contributed by atoms with Crippen LogP contribution < -0.4 is 5.56 Å². The van der Waals surface area contributed by atoms with E-state index in [2.05, 4.69) is 9.97 Å². The summed E-state index contributed by atoms with van der Waals surface area (Å²) < 4.78 is 0. The molecule has 94 valence electrons. The molecular formula is C12H13N3O2S. The number of rotatable bonds is 1. The molecule has 6 heteroatoms. The summed E-state index contributed by atoms with van der Waals surface area (Å²) in [6, 6.07) is 0. The summed E-state index contributed by atoms with van der Waals surface area (Å²) in [4.78, 5) is 32.6. The molecule has 0 spiro atoms. The number of likely N-dealkylation sites (tertiary alicyclic amines) is 1. The highest BCUT2D eigenvalue weighted by Gasteiger charge is 2.28. The molecule has 1 N–H and O–H groups in total. The zero-order chi connectivity index (χ0) is 12.7. The molecule has 2 aromatic rings. The van der Waals surface area contributed by atoms with E-state index < -0.39 is 0 Å². The van der Waals surface area contributed by atoms with Gasteiger partial charge in [0.05, 0.1) is 11.7 Å². The van der Waals surface area contributed by atoms with Crippen LogP contribution in [0.25, 0.3) is 10.2 Å². The van der Waals surface area contributed by atoms with Crippen molar-refractivity contribution in [3.63, 3.8) is 0 Å². The van der Waals surface area contributed by atoms with Gasteiger partial charge in [-0.05, 0) is 17.4 Å². The molecular weight excluding hydrogens is 250 g/mol. The summed E-state index contributed by atoms with van der Waals surface area (Å²) in [5.74, 6) is 0.358. The second-order valence-electron chi connectivity index (χ2n) is 4.55. The van der Waals surface area contributed by atoms with Crippen molar-refractivity contribution < 1.29 is 4.79 Å². The minimum Gasteiger partial charge on any atom is -0.342 e. The number of carbonyl (C=O) groups is 1. The Bertz CT molecular complexity index is 661. The molecule has 1 fully saturated rings. The highest BCUT2D eigenvalue weighted by molar-refractivity contribution is 7.16. The normalized spacial score (nSPS) is 19.6. The fourth-order valence-electron chi connectivity index (χ4n) is 2.51. The van der Waals surface area contributed by atoms with Gasteiger partial charge >= 0.3 is 0 Å². The number of nitrogens with one attached hydrogen (secondary N) is 1. The number of H-pyrrole nitrogens is 1. The SMILES string of the molecule is CC(=O)N1CCC(c2csc3nc[nH]c(=O)c23)C1. The summed E-state index contributed by atoms with van der Waals surface area (Å²) in [6.07, 6.45) is 2.35. The Morgan fingerprint density at radius 3 is 3.17 bits per heavy atom. The number of aromatic amines is 1. The minimum atomic E-state index is -0.0856. The van der Waals surface area contributed by atoms with E-state index >= 15 is 0 Å². The van der Waals surface area contributed by atoms with Crippen LogP contribution in [0.5, 0.6) is 0 Å². The van der Waals surface area contributed by atoms with E-state index in [9.17, 15) is 9.59 Å². The molecule has 1 unspecified atom stereocenters. The Labute approximate surface area is 107 Å². The third kappa shape index (κ3) is 1.73. The van der Waals surface area contributed by atoms with E-state index in [0.717, 1.165) is 23.4 Å². The van der Waals surface area contributed by atoms with Crippen molar-refractivity contribution in [1.82, 2.24) is 14.9 Å². The molecule has 1 amide bonds. The monoisotopic (exact) mass is 263 g/mol. The average molecular weight is 263 g/mol. The predicted molar refractivity (Wildman–Crippen MR) is 69.9 cm³/mol. The lowest BCUT2D eigenvalue weighted by Crippen LogP contribution is -2.25. The molecule has 1 aliphatic rings. The van der Waals surface area contributed by atoms with Gasteiger partial charge in [0, 0.05) is 25.9 Å². The van der Waals surface area contributed by atoms with Crippen molar-refractivity contribution in [3.8, 4) is 0 Å². The molecule has 0 aromatic carbocycles. The molecule has 1 aliphatic heterocycles. The maximum atomic E-state index is 11.9. The van der Waals surface area contributed by atoms with E-state index in [1.807, 2.05) is 10.3 Å². The lowest BCUT2D eigenvalue weighted by Gasteiger charge is -2.13. The Hall–Kier alpha value is -1.69. The van der Waals surface area contributed by atoms with Gasteiger partial charge in [0.15, 0.2) is 0 Å². The zero-order valence-electron chi connectivity index (χ0n) is 9.97. The summed E-state index contributed by atoms with van der Waals surface area (Å²) in [5, 5.41) is 2.69. The maximum Gasteiger partial charge on any atom is 0.259 e. The number of nitrogens with zero attached hydrogens (tertiary/aromatic N) is 2. The molecule has 2 aromatic heterocycles. The number of aromatic nitrogens is 2. The van der Waals surface area contributed by atoms with Crippen LogP contribution in [0.15, 0.2) is 16.5 Å². The van der Waals surface area contributed by atoms with Gasteiger partial charge in [-0.15, -0.1) is 11.3 Å². The third-order valence-electron chi connectivity index (χ3n) is 3.48. The van der Waals surface area contributed by atoms with Crippen molar-refractivity contribution in [3.05, 3.63) is 27.6 Å². The maximum absolute atomic E-state index is 11.9. The Morgan fingerprint density at radius 1 is 1.61 bits per heavy atom. The molecule has 5 nitrogen and oxygen atoms in total. The van der Waals surface area contributed by atoms with Gasteiger partial charge in [-0.3, -0.25) is 9.59 Å². The largest absolute Gasteiger partial charge is 0.342 e. The smallest absolute Gasteiger partial charge is 0.259 e. The van der Waals surface area contributed by atoms with Crippen LogP contribution in [0.4, 0.5) is 0 Å². The Morgan fingerprint density at radius 2 is 2.44 bits per heavy atom. The topological polar surface area (TPSA) is 66.1 Å². The quantitative estimate of drug-likeness (QED) is 0.844. The van der Waals surface area contributed by atoms with Gasteiger partial charge in [-0.1, -0.05) is 0 Å². The average Bonchev–Trinajstić information content (AvgIpc) is 2.94. The van der Waals surface area contributed by atoms with Crippen LogP contribution in [0, 0.1) is 0 Å². The standard InChI is InChI=1S/C12H13N3O2S/c1-7(16)15-3-2-8(4-15)9-5-18-12-10(9)11(17)13-6-14-12/h5-6,8H,2-4H2,1H3,(H,13,14,17). The van der Waals surface area contributed by atoms with Crippen LogP contribution in [0.2, 0.25) is 0 Å². The molecule has 0 radical (unpaired) electrons. The second kappa shape index (κ2) is 4.20.